The Morgan fingerprint density at radius 1 is 1.04 bits per heavy atom. The molecule has 0 aliphatic rings. The van der Waals surface area contributed by atoms with Crippen LogP contribution >= 0.6 is 0 Å². The number of nitrogens with zero attached hydrogens (tertiary/aromatic N) is 1. The van der Waals surface area contributed by atoms with E-state index in [9.17, 15) is 23.1 Å². The molecule has 0 bridgehead atoms. The van der Waals surface area contributed by atoms with Crippen molar-refractivity contribution in [3.05, 3.63) is 64.7 Å². The molecule has 0 saturated heterocycles. The van der Waals surface area contributed by atoms with E-state index in [4.69, 9.17) is 0 Å². The van der Waals surface area contributed by atoms with Gasteiger partial charge in [0.15, 0.2) is 0 Å². The Morgan fingerprint density at radius 2 is 1.76 bits per heavy atom. The number of alkyl halides is 3. The fourth-order valence-electron chi connectivity index (χ4n) is 2.70. The van der Waals surface area contributed by atoms with Gasteiger partial charge in [-0.1, -0.05) is 24.3 Å². The molecule has 0 aliphatic heterocycles. The van der Waals surface area contributed by atoms with Crippen LogP contribution in [-0.2, 0) is 6.18 Å². The second-order valence-corrected chi connectivity index (χ2v) is 5.86. The number of aromatic carboxylic acids is 1. The van der Waals surface area contributed by atoms with Gasteiger partial charge in [-0.2, -0.15) is 13.2 Å². The molecule has 6 heteroatoms. The van der Waals surface area contributed by atoms with E-state index in [1.54, 1.807) is 12.1 Å². The van der Waals surface area contributed by atoms with Gasteiger partial charge >= 0.3 is 12.1 Å². The number of pyridine rings is 1. The van der Waals surface area contributed by atoms with Crippen LogP contribution in [0.2, 0.25) is 0 Å². The van der Waals surface area contributed by atoms with Gasteiger partial charge in [-0.05, 0) is 43.2 Å². The SMILES string of the molecule is Cc1ccc(-c2cc(C(=O)O)c3cccc(C(F)(F)F)c3n2)cc1C. The van der Waals surface area contributed by atoms with Gasteiger partial charge in [-0.3, -0.25) is 0 Å². The lowest BCUT2D eigenvalue weighted by Crippen LogP contribution is -2.09. The van der Waals surface area contributed by atoms with Crippen LogP contribution in [0, 0.1) is 13.8 Å². The van der Waals surface area contributed by atoms with E-state index in [-0.39, 0.29) is 22.2 Å². The van der Waals surface area contributed by atoms with Crippen LogP contribution in [0.15, 0.2) is 42.5 Å². The van der Waals surface area contributed by atoms with Gasteiger partial charge in [0.05, 0.1) is 22.3 Å². The summed E-state index contributed by atoms with van der Waals surface area (Å²) in [6.07, 6.45) is -4.62. The van der Waals surface area contributed by atoms with Crippen LogP contribution in [0.4, 0.5) is 13.2 Å². The smallest absolute Gasteiger partial charge is 0.418 e. The summed E-state index contributed by atoms with van der Waals surface area (Å²) in [6.45, 7) is 3.79. The molecular formula is C19H14F3NO2. The second-order valence-electron chi connectivity index (χ2n) is 5.86. The lowest BCUT2D eigenvalue weighted by atomic mass is 9.99. The molecule has 1 heterocycles. The minimum Gasteiger partial charge on any atom is -0.478 e. The molecule has 0 spiro atoms. The second kappa shape index (κ2) is 5.88. The molecule has 128 valence electrons. The van der Waals surface area contributed by atoms with Crippen LogP contribution in [0.1, 0.15) is 27.0 Å². The minimum absolute atomic E-state index is 0.0325. The van der Waals surface area contributed by atoms with E-state index in [1.165, 1.54) is 18.2 Å². The van der Waals surface area contributed by atoms with Crippen molar-refractivity contribution in [2.45, 2.75) is 20.0 Å². The summed E-state index contributed by atoms with van der Waals surface area (Å²) in [5.74, 6) is -1.29. The third-order valence-corrected chi connectivity index (χ3v) is 4.18. The first-order valence-corrected chi connectivity index (χ1v) is 7.50. The van der Waals surface area contributed by atoms with E-state index >= 15 is 0 Å². The number of carboxylic acid groups (broad SMARTS) is 1. The van der Waals surface area contributed by atoms with Crippen LogP contribution < -0.4 is 0 Å². The van der Waals surface area contributed by atoms with Gasteiger partial charge in [0.25, 0.3) is 0 Å². The molecule has 0 amide bonds. The molecule has 0 atom stereocenters. The number of aromatic nitrogens is 1. The molecule has 0 fully saturated rings. The van der Waals surface area contributed by atoms with Crippen LogP contribution in [0.3, 0.4) is 0 Å². The predicted molar refractivity (Wildman–Crippen MR) is 88.6 cm³/mol. The molecule has 3 aromatic rings. The van der Waals surface area contributed by atoms with E-state index in [0.29, 0.717) is 5.56 Å². The number of para-hydroxylation sites is 1. The highest BCUT2D eigenvalue weighted by Crippen LogP contribution is 2.36. The highest BCUT2D eigenvalue weighted by atomic mass is 19.4. The summed E-state index contributed by atoms with van der Waals surface area (Å²) in [5, 5.41) is 9.41. The number of carboxylic acids is 1. The average molecular weight is 345 g/mol. The van der Waals surface area contributed by atoms with Crippen molar-refractivity contribution >= 4 is 16.9 Å². The molecule has 25 heavy (non-hydrogen) atoms. The fourth-order valence-corrected chi connectivity index (χ4v) is 2.70. The van der Waals surface area contributed by atoms with Crippen molar-refractivity contribution in [1.82, 2.24) is 4.98 Å². The van der Waals surface area contributed by atoms with Gasteiger partial charge in [-0.15, -0.1) is 0 Å². The highest BCUT2D eigenvalue weighted by molar-refractivity contribution is 6.04. The number of halogens is 3. The first-order chi connectivity index (χ1) is 11.7. The zero-order chi connectivity index (χ0) is 18.4. The molecule has 0 saturated carbocycles. The number of rotatable bonds is 2. The Morgan fingerprint density at radius 3 is 2.36 bits per heavy atom. The molecule has 2 aromatic carbocycles. The van der Waals surface area contributed by atoms with Crippen molar-refractivity contribution in [2.24, 2.45) is 0 Å². The van der Waals surface area contributed by atoms with Crippen LogP contribution in [0.5, 0.6) is 0 Å². The maximum Gasteiger partial charge on any atom is 0.418 e. The largest absolute Gasteiger partial charge is 0.478 e. The van der Waals surface area contributed by atoms with Gasteiger partial charge in [0.1, 0.15) is 0 Å². The number of benzene rings is 2. The number of fused-ring (bicyclic) bond motifs is 1. The Labute approximate surface area is 141 Å². The summed E-state index contributed by atoms with van der Waals surface area (Å²) in [6, 6.07) is 10.1. The maximum atomic E-state index is 13.3. The Balaban J connectivity index is 2.38. The summed E-state index contributed by atoms with van der Waals surface area (Å²) < 4.78 is 39.9. The summed E-state index contributed by atoms with van der Waals surface area (Å²) >= 11 is 0. The number of hydrogen-bond acceptors (Lipinski definition) is 2. The molecule has 0 aliphatic carbocycles. The topological polar surface area (TPSA) is 50.2 Å². The third kappa shape index (κ3) is 3.07. The molecular weight excluding hydrogens is 331 g/mol. The zero-order valence-electron chi connectivity index (χ0n) is 13.5. The molecule has 0 unspecified atom stereocenters. The summed E-state index contributed by atoms with van der Waals surface area (Å²) in [7, 11) is 0. The third-order valence-electron chi connectivity index (χ3n) is 4.18. The quantitative estimate of drug-likeness (QED) is 0.691. The number of aryl methyl sites for hydroxylation is 2. The Bertz CT molecular complexity index is 994. The van der Waals surface area contributed by atoms with Crippen LogP contribution in [-0.4, -0.2) is 16.1 Å². The molecule has 0 radical (unpaired) electrons. The normalized spacial score (nSPS) is 11.7. The average Bonchev–Trinajstić information content (AvgIpc) is 2.54. The monoisotopic (exact) mass is 345 g/mol. The molecule has 1 aromatic heterocycles. The highest BCUT2D eigenvalue weighted by Gasteiger charge is 2.34. The first kappa shape index (κ1) is 17.0. The zero-order valence-corrected chi connectivity index (χ0v) is 13.5. The van der Waals surface area contributed by atoms with Gasteiger partial charge in [0, 0.05) is 10.9 Å². The summed E-state index contributed by atoms with van der Waals surface area (Å²) in [5.41, 5.74) is 1.24. The van der Waals surface area contributed by atoms with E-state index in [1.807, 2.05) is 19.9 Å². The van der Waals surface area contributed by atoms with E-state index in [2.05, 4.69) is 4.98 Å². The van der Waals surface area contributed by atoms with Gasteiger partial charge in [-0.25, -0.2) is 9.78 Å². The molecule has 3 rings (SSSR count). The standard InChI is InChI=1S/C19H14F3NO2/c1-10-6-7-12(8-11(10)2)16-9-14(18(24)25)13-4-3-5-15(17(13)23-16)19(20,21)22/h3-9H,1-2H3,(H,24,25). The maximum absolute atomic E-state index is 13.3. The molecule has 1 N–H and O–H groups in total. The summed E-state index contributed by atoms with van der Waals surface area (Å²) in [4.78, 5) is 15.7. The van der Waals surface area contributed by atoms with Crippen molar-refractivity contribution in [2.75, 3.05) is 0 Å². The number of hydrogen-bond donors (Lipinski definition) is 1. The lowest BCUT2D eigenvalue weighted by molar-refractivity contribution is -0.136. The van der Waals surface area contributed by atoms with Gasteiger partial charge < -0.3 is 5.11 Å². The van der Waals surface area contributed by atoms with Crippen LogP contribution in [0.25, 0.3) is 22.2 Å². The van der Waals surface area contributed by atoms with E-state index < -0.39 is 17.7 Å². The van der Waals surface area contributed by atoms with Crippen molar-refractivity contribution in [1.29, 1.82) is 0 Å². The van der Waals surface area contributed by atoms with Crippen molar-refractivity contribution in [3.63, 3.8) is 0 Å². The minimum atomic E-state index is -4.62. The predicted octanol–water partition coefficient (Wildman–Crippen LogP) is 5.24. The lowest BCUT2D eigenvalue weighted by Gasteiger charge is -2.13. The molecule has 3 nitrogen and oxygen atoms in total. The first-order valence-electron chi connectivity index (χ1n) is 7.50. The van der Waals surface area contributed by atoms with Crippen molar-refractivity contribution < 1.29 is 23.1 Å². The number of carbonyl (C=O) groups is 1. The van der Waals surface area contributed by atoms with Crippen molar-refractivity contribution in [3.8, 4) is 11.3 Å². The Hall–Kier alpha value is -2.89. The van der Waals surface area contributed by atoms with E-state index in [0.717, 1.165) is 17.2 Å². The van der Waals surface area contributed by atoms with Gasteiger partial charge in [0.2, 0.25) is 0 Å². The Kier molecular flexibility index (Phi) is 3.99. The fraction of sp³-hybridized carbons (Fsp3) is 0.158.